The molecule has 2 aliphatic carbocycles. The van der Waals surface area contributed by atoms with E-state index in [1.807, 2.05) is 0 Å². The molecule has 1 aromatic carbocycles. The zero-order chi connectivity index (χ0) is 23.6. The number of pyridine rings is 1. The topological polar surface area (TPSA) is 97.1 Å². The van der Waals surface area contributed by atoms with Crippen molar-refractivity contribution in [3.63, 3.8) is 0 Å². The summed E-state index contributed by atoms with van der Waals surface area (Å²) in [5.74, 6) is -0.390. The van der Waals surface area contributed by atoms with Gasteiger partial charge < -0.3 is 16.4 Å². The Morgan fingerprint density at radius 1 is 0.939 bits per heavy atom. The lowest BCUT2D eigenvalue weighted by molar-refractivity contribution is -0.127. The fourth-order valence-corrected chi connectivity index (χ4v) is 4.74. The van der Waals surface area contributed by atoms with Crippen molar-refractivity contribution in [1.29, 1.82) is 0 Å². The number of carbonyl (C=O) groups is 2. The van der Waals surface area contributed by atoms with Gasteiger partial charge in [0.15, 0.2) is 0 Å². The average molecular weight is 455 g/mol. The van der Waals surface area contributed by atoms with Gasteiger partial charge >= 0.3 is 0 Å². The molecule has 0 radical (unpaired) electrons. The molecule has 1 heterocycles. The van der Waals surface area contributed by atoms with Crippen molar-refractivity contribution in [2.45, 2.75) is 69.9 Å². The van der Waals surface area contributed by atoms with Crippen LogP contribution in [0.15, 0.2) is 42.6 Å². The van der Waals surface area contributed by atoms with Gasteiger partial charge in [0.05, 0.1) is 11.3 Å². The molecule has 2 aromatic rings. The zero-order valence-corrected chi connectivity index (χ0v) is 19.4. The third-order valence-corrected chi connectivity index (χ3v) is 6.48. The number of hydrogen-bond acceptors (Lipinski definition) is 4. The van der Waals surface area contributed by atoms with Crippen LogP contribution < -0.4 is 16.4 Å². The highest BCUT2D eigenvalue weighted by molar-refractivity contribution is 5.94. The molecule has 2 atom stereocenters. The number of nitrogens with one attached hydrogen (secondary N) is 2. The second kappa shape index (κ2) is 12.4. The van der Waals surface area contributed by atoms with Crippen LogP contribution in [0.4, 0.5) is 4.39 Å². The molecule has 2 saturated carbocycles. The summed E-state index contributed by atoms with van der Waals surface area (Å²) in [7, 11) is 1.50. The van der Waals surface area contributed by atoms with E-state index in [-0.39, 0.29) is 29.6 Å². The van der Waals surface area contributed by atoms with E-state index in [4.69, 9.17) is 0 Å². The van der Waals surface area contributed by atoms with E-state index in [0.717, 1.165) is 32.1 Å². The van der Waals surface area contributed by atoms with E-state index in [9.17, 15) is 14.0 Å². The van der Waals surface area contributed by atoms with Crippen molar-refractivity contribution in [2.75, 3.05) is 7.05 Å². The van der Waals surface area contributed by atoms with Crippen LogP contribution in [0.25, 0.3) is 11.3 Å². The van der Waals surface area contributed by atoms with E-state index in [1.165, 1.54) is 44.6 Å². The van der Waals surface area contributed by atoms with Crippen LogP contribution in [0.3, 0.4) is 0 Å². The van der Waals surface area contributed by atoms with Crippen LogP contribution in [0.2, 0.25) is 0 Å². The Labute approximate surface area is 195 Å². The highest BCUT2D eigenvalue weighted by Gasteiger charge is 2.29. The minimum absolute atomic E-state index is 0.00810. The third kappa shape index (κ3) is 7.09. The summed E-state index contributed by atoms with van der Waals surface area (Å²) in [6.07, 6.45) is 10.7. The minimum Gasteiger partial charge on any atom is -0.353 e. The smallest absolute Gasteiger partial charge is 0.253 e. The first-order valence-corrected chi connectivity index (χ1v) is 12.0. The molecule has 178 valence electrons. The molecule has 33 heavy (non-hydrogen) atoms. The number of carbonyl (C=O) groups excluding carboxylic acids is 2. The van der Waals surface area contributed by atoms with Crippen molar-refractivity contribution < 1.29 is 14.0 Å². The molecule has 0 bridgehead atoms. The normalized spacial score (nSPS) is 20.8. The van der Waals surface area contributed by atoms with Crippen LogP contribution >= 0.6 is 0 Å². The van der Waals surface area contributed by atoms with Gasteiger partial charge in [0.2, 0.25) is 5.91 Å². The lowest BCUT2D eigenvalue weighted by Gasteiger charge is -2.31. The molecule has 6 nitrogen and oxygen atoms in total. The summed E-state index contributed by atoms with van der Waals surface area (Å²) in [5.41, 5.74) is 6.26. The van der Waals surface area contributed by atoms with Crippen LogP contribution in [-0.2, 0) is 4.79 Å². The summed E-state index contributed by atoms with van der Waals surface area (Å²) >= 11 is 0. The van der Waals surface area contributed by atoms with Gasteiger partial charge in [0, 0.05) is 29.8 Å². The highest BCUT2D eigenvalue weighted by atomic mass is 19.1. The Balaban J connectivity index is 0.00000149. The van der Waals surface area contributed by atoms with Gasteiger partial charge in [-0.25, -0.2) is 4.39 Å². The number of hydrogen-bond donors (Lipinski definition) is 3. The molecule has 2 fully saturated rings. The monoisotopic (exact) mass is 454 g/mol. The van der Waals surface area contributed by atoms with E-state index in [0.29, 0.717) is 29.3 Å². The van der Waals surface area contributed by atoms with Gasteiger partial charge in [-0.2, -0.15) is 0 Å². The molecule has 0 saturated heterocycles. The number of aromatic nitrogens is 1. The molecule has 4 rings (SSSR count). The summed E-state index contributed by atoms with van der Waals surface area (Å²) in [4.78, 5) is 29.7. The first-order chi connectivity index (χ1) is 16.1. The number of halogens is 1. The van der Waals surface area contributed by atoms with E-state index in [2.05, 4.69) is 21.4 Å². The average Bonchev–Trinajstić information content (AvgIpc) is 2.86. The fraction of sp³-hybridized carbons (Fsp3) is 0.500. The zero-order valence-electron chi connectivity index (χ0n) is 19.4. The van der Waals surface area contributed by atoms with Crippen LogP contribution in [0.5, 0.6) is 0 Å². The van der Waals surface area contributed by atoms with Gasteiger partial charge in [0.1, 0.15) is 5.82 Å². The molecule has 2 amide bonds. The lowest BCUT2D eigenvalue weighted by atomic mass is 9.84. The summed E-state index contributed by atoms with van der Waals surface area (Å²) in [5, 5.41) is 6.30. The Hall–Kier alpha value is -2.80. The SMILES string of the molecule is CN.O=C(NC1CCCC(C(=O)NC2CCCCC2)C1)c1ccc(-c2cccc(F)c2)nc1. The molecule has 0 aliphatic heterocycles. The van der Waals surface area contributed by atoms with Gasteiger partial charge in [-0.05, 0) is 63.4 Å². The van der Waals surface area contributed by atoms with Crippen molar-refractivity contribution in [1.82, 2.24) is 15.6 Å². The predicted molar refractivity (Wildman–Crippen MR) is 128 cm³/mol. The van der Waals surface area contributed by atoms with E-state index in [1.54, 1.807) is 24.3 Å². The maximum absolute atomic E-state index is 13.4. The van der Waals surface area contributed by atoms with E-state index >= 15 is 0 Å². The number of benzene rings is 1. The molecule has 4 N–H and O–H groups in total. The first kappa shape index (κ1) is 24.8. The number of rotatable bonds is 5. The van der Waals surface area contributed by atoms with Crippen LogP contribution in [0.1, 0.15) is 68.1 Å². The molecular weight excluding hydrogens is 419 g/mol. The standard InChI is InChI=1S/C25H30FN3O2.CH5N/c26-20-8-4-6-17(14-20)23-13-12-19(16-27-23)25(31)29-22-11-5-7-18(15-22)24(30)28-21-9-2-1-3-10-21;1-2/h4,6,8,12-14,16,18,21-22H,1-3,5,7,9-11,15H2,(H,28,30)(H,29,31);2H2,1H3. The second-order valence-electron chi connectivity index (χ2n) is 8.82. The van der Waals surface area contributed by atoms with Gasteiger partial charge in [-0.3, -0.25) is 14.6 Å². The maximum Gasteiger partial charge on any atom is 0.253 e. The Morgan fingerprint density at radius 2 is 1.70 bits per heavy atom. The van der Waals surface area contributed by atoms with Gasteiger partial charge in [-0.15, -0.1) is 0 Å². The molecular formula is C26H35FN4O2. The van der Waals surface area contributed by atoms with Crippen LogP contribution in [0, 0.1) is 11.7 Å². The molecule has 1 aromatic heterocycles. The summed E-state index contributed by atoms with van der Waals surface area (Å²) < 4.78 is 13.4. The van der Waals surface area contributed by atoms with Gasteiger partial charge in [-0.1, -0.05) is 37.8 Å². The number of amides is 2. The van der Waals surface area contributed by atoms with Crippen LogP contribution in [-0.4, -0.2) is 35.9 Å². The second-order valence-corrected chi connectivity index (χ2v) is 8.82. The lowest BCUT2D eigenvalue weighted by Crippen LogP contribution is -2.45. The molecule has 2 unspecified atom stereocenters. The first-order valence-electron chi connectivity index (χ1n) is 12.0. The number of nitrogens with zero attached hydrogens (tertiary/aromatic N) is 1. The third-order valence-electron chi connectivity index (χ3n) is 6.48. The summed E-state index contributed by atoms with van der Waals surface area (Å²) in [6.45, 7) is 0. The predicted octanol–water partition coefficient (Wildman–Crippen LogP) is 4.20. The minimum atomic E-state index is -0.319. The quantitative estimate of drug-likeness (QED) is 0.631. The Kier molecular flexibility index (Phi) is 9.36. The van der Waals surface area contributed by atoms with Gasteiger partial charge in [0.25, 0.3) is 5.91 Å². The van der Waals surface area contributed by atoms with Crippen molar-refractivity contribution in [3.8, 4) is 11.3 Å². The summed E-state index contributed by atoms with van der Waals surface area (Å²) in [6, 6.07) is 9.97. The maximum atomic E-state index is 13.4. The van der Waals surface area contributed by atoms with Crippen molar-refractivity contribution in [2.24, 2.45) is 11.7 Å². The fourth-order valence-electron chi connectivity index (χ4n) is 4.74. The Morgan fingerprint density at radius 3 is 2.39 bits per heavy atom. The highest BCUT2D eigenvalue weighted by Crippen LogP contribution is 2.26. The molecule has 2 aliphatic rings. The number of nitrogens with two attached hydrogens (primary N) is 1. The van der Waals surface area contributed by atoms with Crippen molar-refractivity contribution >= 4 is 11.8 Å². The van der Waals surface area contributed by atoms with Crippen molar-refractivity contribution in [3.05, 3.63) is 54.0 Å². The Bertz CT molecular complexity index is 913. The van der Waals surface area contributed by atoms with E-state index < -0.39 is 0 Å². The molecule has 7 heteroatoms. The molecule has 0 spiro atoms. The largest absolute Gasteiger partial charge is 0.353 e.